The van der Waals surface area contributed by atoms with Gasteiger partial charge in [0.15, 0.2) is 0 Å². The molecular weight excluding hydrogens is 194 g/mol. The largest absolute Gasteiger partial charge is 0.316 e. The van der Waals surface area contributed by atoms with E-state index >= 15 is 0 Å². The van der Waals surface area contributed by atoms with Crippen molar-refractivity contribution in [2.45, 2.75) is 19.9 Å². The Morgan fingerprint density at radius 1 is 1.71 bits per heavy atom. The normalized spacial score (nSPS) is 19.3. The molecule has 0 aliphatic carbocycles. The zero-order valence-electron chi connectivity index (χ0n) is 8.71. The summed E-state index contributed by atoms with van der Waals surface area (Å²) in [7, 11) is 0. The van der Waals surface area contributed by atoms with Gasteiger partial charge < -0.3 is 10.6 Å². The van der Waals surface area contributed by atoms with Crippen molar-refractivity contribution in [3.63, 3.8) is 0 Å². The van der Waals surface area contributed by atoms with Gasteiger partial charge in [0.2, 0.25) is 0 Å². The Kier molecular flexibility index (Phi) is 3.15. The van der Waals surface area contributed by atoms with E-state index in [0.717, 1.165) is 31.2 Å². The van der Waals surface area contributed by atoms with Crippen molar-refractivity contribution in [1.82, 2.24) is 15.6 Å². The second kappa shape index (κ2) is 4.38. The molecule has 1 saturated heterocycles. The maximum atomic E-state index is 4.47. The maximum Gasteiger partial charge on any atom is 0.110 e. The third-order valence-electron chi connectivity index (χ3n) is 2.59. The summed E-state index contributed by atoms with van der Waals surface area (Å²) in [6.45, 7) is 7.66. The second-order valence-electron chi connectivity index (χ2n) is 3.98. The van der Waals surface area contributed by atoms with Crippen LogP contribution < -0.4 is 10.6 Å². The highest BCUT2D eigenvalue weighted by Gasteiger charge is 2.18. The predicted molar refractivity (Wildman–Crippen MR) is 59.6 cm³/mol. The summed E-state index contributed by atoms with van der Waals surface area (Å²) in [5, 5.41) is 10.1. The highest BCUT2D eigenvalue weighted by Crippen LogP contribution is 2.17. The molecular formula is C10H17N3S. The van der Waals surface area contributed by atoms with Crippen LogP contribution in [0.2, 0.25) is 0 Å². The molecule has 3 nitrogen and oxygen atoms in total. The van der Waals surface area contributed by atoms with Gasteiger partial charge in [0.1, 0.15) is 5.01 Å². The van der Waals surface area contributed by atoms with Gasteiger partial charge in [0, 0.05) is 30.7 Å². The summed E-state index contributed by atoms with van der Waals surface area (Å²) >= 11 is 1.75. The molecule has 0 radical (unpaired) electrons. The summed E-state index contributed by atoms with van der Waals surface area (Å²) in [4.78, 5) is 4.47. The van der Waals surface area contributed by atoms with Crippen LogP contribution in [0.4, 0.5) is 0 Å². The van der Waals surface area contributed by atoms with E-state index in [2.05, 4.69) is 27.9 Å². The molecule has 2 rings (SSSR count). The molecule has 2 N–H and O–H groups in total. The number of rotatable bonds is 4. The Labute approximate surface area is 88.9 Å². The van der Waals surface area contributed by atoms with Crippen LogP contribution in [0.5, 0.6) is 0 Å². The van der Waals surface area contributed by atoms with Crippen LogP contribution in [0.25, 0.3) is 0 Å². The van der Waals surface area contributed by atoms with Crippen LogP contribution in [0.1, 0.15) is 23.7 Å². The highest BCUT2D eigenvalue weighted by atomic mass is 32.1. The van der Waals surface area contributed by atoms with E-state index in [4.69, 9.17) is 0 Å². The van der Waals surface area contributed by atoms with Crippen molar-refractivity contribution in [2.24, 2.45) is 5.92 Å². The first-order valence-corrected chi connectivity index (χ1v) is 6.00. The predicted octanol–water partition coefficient (Wildman–Crippen LogP) is 1.32. The van der Waals surface area contributed by atoms with Gasteiger partial charge in [-0.1, -0.05) is 0 Å². The SMILES string of the molecule is Cc1csc(C(C)NCC2CNC2)n1. The first kappa shape index (κ1) is 10.1. The minimum absolute atomic E-state index is 0.397. The van der Waals surface area contributed by atoms with Crippen molar-refractivity contribution >= 4 is 11.3 Å². The van der Waals surface area contributed by atoms with E-state index in [1.165, 1.54) is 5.01 Å². The van der Waals surface area contributed by atoms with Gasteiger partial charge >= 0.3 is 0 Å². The molecule has 0 saturated carbocycles. The van der Waals surface area contributed by atoms with Crippen molar-refractivity contribution in [2.75, 3.05) is 19.6 Å². The number of hydrogen-bond donors (Lipinski definition) is 2. The zero-order chi connectivity index (χ0) is 9.97. The molecule has 14 heavy (non-hydrogen) atoms. The van der Waals surface area contributed by atoms with Gasteiger partial charge in [-0.2, -0.15) is 0 Å². The molecule has 0 spiro atoms. The van der Waals surface area contributed by atoms with Crippen LogP contribution in [0, 0.1) is 12.8 Å². The van der Waals surface area contributed by atoms with Crippen LogP contribution >= 0.6 is 11.3 Å². The van der Waals surface area contributed by atoms with E-state index in [1.807, 2.05) is 6.92 Å². The van der Waals surface area contributed by atoms with Crippen LogP contribution in [0.3, 0.4) is 0 Å². The highest BCUT2D eigenvalue weighted by molar-refractivity contribution is 7.09. The molecule has 1 aliphatic rings. The molecule has 1 aromatic heterocycles. The van der Waals surface area contributed by atoms with Crippen LogP contribution in [-0.2, 0) is 0 Å². The summed E-state index contributed by atoms with van der Waals surface area (Å²) in [6, 6.07) is 0.397. The van der Waals surface area contributed by atoms with Crippen LogP contribution in [-0.4, -0.2) is 24.6 Å². The Morgan fingerprint density at radius 2 is 2.50 bits per heavy atom. The topological polar surface area (TPSA) is 37.0 Å². The molecule has 1 fully saturated rings. The van der Waals surface area contributed by atoms with E-state index in [9.17, 15) is 0 Å². The van der Waals surface area contributed by atoms with Gasteiger partial charge in [-0.3, -0.25) is 0 Å². The minimum atomic E-state index is 0.397. The number of thiazole rings is 1. The molecule has 78 valence electrons. The lowest BCUT2D eigenvalue weighted by Crippen LogP contribution is -2.47. The summed E-state index contributed by atoms with van der Waals surface area (Å²) in [6.07, 6.45) is 0. The first-order valence-electron chi connectivity index (χ1n) is 5.12. The fourth-order valence-electron chi connectivity index (χ4n) is 1.49. The zero-order valence-corrected chi connectivity index (χ0v) is 9.53. The molecule has 0 amide bonds. The van der Waals surface area contributed by atoms with Gasteiger partial charge in [-0.05, 0) is 19.8 Å². The Hall–Kier alpha value is -0.450. The summed E-state index contributed by atoms with van der Waals surface area (Å²) in [5.74, 6) is 0.818. The van der Waals surface area contributed by atoms with Crippen molar-refractivity contribution in [1.29, 1.82) is 0 Å². The van der Waals surface area contributed by atoms with Crippen LogP contribution in [0.15, 0.2) is 5.38 Å². The molecule has 0 bridgehead atoms. The number of aryl methyl sites for hydroxylation is 1. The van der Waals surface area contributed by atoms with Gasteiger partial charge in [-0.15, -0.1) is 11.3 Å². The number of hydrogen-bond acceptors (Lipinski definition) is 4. The molecule has 4 heteroatoms. The monoisotopic (exact) mass is 211 g/mol. The van der Waals surface area contributed by atoms with Crippen molar-refractivity contribution in [3.05, 3.63) is 16.1 Å². The molecule has 1 unspecified atom stereocenters. The molecule has 1 aliphatic heterocycles. The molecule has 1 aromatic rings. The number of aromatic nitrogens is 1. The summed E-state index contributed by atoms with van der Waals surface area (Å²) < 4.78 is 0. The molecule has 1 atom stereocenters. The Morgan fingerprint density at radius 3 is 3.00 bits per heavy atom. The summed E-state index contributed by atoms with van der Waals surface area (Å²) in [5.41, 5.74) is 1.13. The Balaban J connectivity index is 1.79. The van der Waals surface area contributed by atoms with E-state index < -0.39 is 0 Å². The minimum Gasteiger partial charge on any atom is -0.316 e. The lowest BCUT2D eigenvalue weighted by Gasteiger charge is -2.28. The number of nitrogens with one attached hydrogen (secondary N) is 2. The van der Waals surface area contributed by atoms with Crippen molar-refractivity contribution < 1.29 is 0 Å². The average molecular weight is 211 g/mol. The molecule has 0 aromatic carbocycles. The first-order chi connectivity index (χ1) is 6.75. The van der Waals surface area contributed by atoms with E-state index in [1.54, 1.807) is 11.3 Å². The van der Waals surface area contributed by atoms with Crippen molar-refractivity contribution in [3.8, 4) is 0 Å². The number of nitrogens with zero attached hydrogens (tertiary/aromatic N) is 1. The fraction of sp³-hybridized carbons (Fsp3) is 0.700. The quantitative estimate of drug-likeness (QED) is 0.789. The van der Waals surface area contributed by atoms with E-state index in [0.29, 0.717) is 6.04 Å². The molecule has 2 heterocycles. The lowest BCUT2D eigenvalue weighted by molar-refractivity contribution is 0.320. The third kappa shape index (κ3) is 2.32. The lowest BCUT2D eigenvalue weighted by atomic mass is 10.0. The van der Waals surface area contributed by atoms with Gasteiger partial charge in [-0.25, -0.2) is 4.98 Å². The smallest absolute Gasteiger partial charge is 0.110 e. The standard InChI is InChI=1S/C10H17N3S/c1-7-6-14-10(13-7)8(2)12-5-9-3-11-4-9/h6,8-9,11-12H,3-5H2,1-2H3. The Bertz CT molecular complexity index is 293. The van der Waals surface area contributed by atoms with E-state index in [-0.39, 0.29) is 0 Å². The van der Waals surface area contributed by atoms with Gasteiger partial charge in [0.05, 0.1) is 6.04 Å². The van der Waals surface area contributed by atoms with Gasteiger partial charge in [0.25, 0.3) is 0 Å². The maximum absolute atomic E-state index is 4.47. The second-order valence-corrected chi connectivity index (χ2v) is 4.87. The average Bonchev–Trinajstić information content (AvgIpc) is 2.49. The fourth-order valence-corrected chi connectivity index (χ4v) is 2.32. The third-order valence-corrected chi connectivity index (χ3v) is 3.73.